The highest BCUT2D eigenvalue weighted by Crippen LogP contribution is 2.35. The SMILES string of the molecule is OC1(c2ccccc2Cl)CCCN(Cc2ccccc2)C1. The van der Waals surface area contributed by atoms with Crippen LogP contribution in [-0.2, 0) is 12.1 Å². The van der Waals surface area contributed by atoms with E-state index in [1.165, 1.54) is 5.56 Å². The van der Waals surface area contributed by atoms with Crippen LogP contribution in [0.4, 0.5) is 0 Å². The van der Waals surface area contributed by atoms with Crippen LogP contribution in [0.15, 0.2) is 54.6 Å². The van der Waals surface area contributed by atoms with Crippen molar-refractivity contribution in [2.75, 3.05) is 13.1 Å². The zero-order chi connectivity index (χ0) is 14.7. The maximum atomic E-state index is 11.0. The van der Waals surface area contributed by atoms with E-state index in [1.807, 2.05) is 30.3 Å². The smallest absolute Gasteiger partial charge is 0.104 e. The molecule has 1 unspecified atom stereocenters. The third kappa shape index (κ3) is 3.29. The molecule has 0 saturated carbocycles. The molecule has 3 rings (SSSR count). The van der Waals surface area contributed by atoms with Crippen molar-refractivity contribution in [1.82, 2.24) is 4.90 Å². The highest BCUT2D eigenvalue weighted by Gasteiger charge is 2.36. The minimum atomic E-state index is -0.842. The first-order valence-electron chi connectivity index (χ1n) is 7.41. The van der Waals surface area contributed by atoms with Gasteiger partial charge in [-0.15, -0.1) is 0 Å². The summed E-state index contributed by atoms with van der Waals surface area (Å²) in [5.74, 6) is 0. The van der Waals surface area contributed by atoms with Crippen molar-refractivity contribution >= 4 is 11.6 Å². The molecule has 1 atom stereocenters. The Morgan fingerprint density at radius 1 is 1.05 bits per heavy atom. The fourth-order valence-electron chi connectivity index (χ4n) is 3.16. The summed E-state index contributed by atoms with van der Waals surface area (Å²) in [5, 5.41) is 11.7. The summed E-state index contributed by atoms with van der Waals surface area (Å²) in [4.78, 5) is 2.31. The summed E-state index contributed by atoms with van der Waals surface area (Å²) < 4.78 is 0. The normalized spacial score (nSPS) is 23.1. The van der Waals surface area contributed by atoms with Crippen molar-refractivity contribution < 1.29 is 5.11 Å². The van der Waals surface area contributed by atoms with Crippen LogP contribution in [0, 0.1) is 0 Å². The number of hydrogen-bond donors (Lipinski definition) is 1. The Labute approximate surface area is 131 Å². The van der Waals surface area contributed by atoms with Gasteiger partial charge in [0.1, 0.15) is 5.60 Å². The summed E-state index contributed by atoms with van der Waals surface area (Å²) in [7, 11) is 0. The van der Waals surface area contributed by atoms with E-state index in [0.717, 1.165) is 31.5 Å². The van der Waals surface area contributed by atoms with Crippen LogP contribution in [0.25, 0.3) is 0 Å². The second kappa shape index (κ2) is 6.18. The molecule has 0 spiro atoms. The van der Waals surface area contributed by atoms with Crippen molar-refractivity contribution in [2.24, 2.45) is 0 Å². The average molecular weight is 302 g/mol. The average Bonchev–Trinajstić information content (AvgIpc) is 2.49. The molecule has 0 aromatic heterocycles. The van der Waals surface area contributed by atoms with E-state index in [0.29, 0.717) is 11.6 Å². The maximum Gasteiger partial charge on any atom is 0.104 e. The predicted octanol–water partition coefficient (Wildman–Crippen LogP) is 3.82. The minimum Gasteiger partial charge on any atom is -0.384 e. The van der Waals surface area contributed by atoms with Crippen LogP contribution in [0.1, 0.15) is 24.0 Å². The van der Waals surface area contributed by atoms with Crippen LogP contribution in [-0.4, -0.2) is 23.1 Å². The lowest BCUT2D eigenvalue weighted by atomic mass is 9.85. The fraction of sp³-hybridized carbons (Fsp3) is 0.333. The van der Waals surface area contributed by atoms with Crippen molar-refractivity contribution in [3.63, 3.8) is 0 Å². The zero-order valence-corrected chi connectivity index (χ0v) is 12.8. The summed E-state index contributed by atoms with van der Waals surface area (Å²) >= 11 is 6.28. The largest absolute Gasteiger partial charge is 0.384 e. The summed E-state index contributed by atoms with van der Waals surface area (Å²) in [6, 6.07) is 18.0. The van der Waals surface area contributed by atoms with E-state index in [1.54, 1.807) is 0 Å². The van der Waals surface area contributed by atoms with Gasteiger partial charge in [-0.1, -0.05) is 60.1 Å². The first kappa shape index (κ1) is 14.6. The number of nitrogens with zero attached hydrogens (tertiary/aromatic N) is 1. The molecule has 0 amide bonds. The van der Waals surface area contributed by atoms with Gasteiger partial charge in [0.15, 0.2) is 0 Å². The second-order valence-corrected chi connectivity index (χ2v) is 6.22. The van der Waals surface area contributed by atoms with Gasteiger partial charge in [-0.3, -0.25) is 4.90 Å². The topological polar surface area (TPSA) is 23.5 Å². The molecule has 2 aromatic carbocycles. The number of benzene rings is 2. The summed E-state index contributed by atoms with van der Waals surface area (Å²) in [6.07, 6.45) is 1.75. The molecule has 2 nitrogen and oxygen atoms in total. The molecule has 1 aliphatic rings. The Balaban J connectivity index is 1.78. The third-order valence-electron chi connectivity index (χ3n) is 4.17. The zero-order valence-electron chi connectivity index (χ0n) is 12.0. The molecule has 0 radical (unpaired) electrons. The Morgan fingerprint density at radius 2 is 1.76 bits per heavy atom. The Hall–Kier alpha value is -1.35. The van der Waals surface area contributed by atoms with Gasteiger partial charge in [-0.05, 0) is 31.0 Å². The molecule has 1 N–H and O–H groups in total. The summed E-state index contributed by atoms with van der Waals surface area (Å²) in [6.45, 7) is 2.51. The van der Waals surface area contributed by atoms with Crippen LogP contribution in [0.3, 0.4) is 0 Å². The molecular weight excluding hydrogens is 282 g/mol. The molecule has 0 aliphatic carbocycles. The van der Waals surface area contributed by atoms with Gasteiger partial charge in [-0.2, -0.15) is 0 Å². The quantitative estimate of drug-likeness (QED) is 0.931. The summed E-state index contributed by atoms with van der Waals surface area (Å²) in [5.41, 5.74) is 1.29. The number of β-amino-alcohol motifs (C(OH)–C–C–N with tert-alkyl or cyclic N) is 1. The van der Waals surface area contributed by atoms with E-state index in [4.69, 9.17) is 11.6 Å². The van der Waals surface area contributed by atoms with Crippen LogP contribution >= 0.6 is 11.6 Å². The lowest BCUT2D eigenvalue weighted by Gasteiger charge is -2.40. The number of halogens is 1. The lowest BCUT2D eigenvalue weighted by molar-refractivity contribution is -0.0380. The molecular formula is C18H20ClNO. The Kier molecular flexibility index (Phi) is 4.29. The van der Waals surface area contributed by atoms with Crippen LogP contribution in [0.2, 0.25) is 5.02 Å². The molecule has 110 valence electrons. The molecule has 1 fully saturated rings. The second-order valence-electron chi connectivity index (χ2n) is 5.81. The highest BCUT2D eigenvalue weighted by atomic mass is 35.5. The van der Waals surface area contributed by atoms with Crippen molar-refractivity contribution in [3.05, 3.63) is 70.7 Å². The van der Waals surface area contributed by atoms with Crippen LogP contribution in [0.5, 0.6) is 0 Å². The van der Waals surface area contributed by atoms with E-state index in [9.17, 15) is 5.11 Å². The van der Waals surface area contributed by atoms with E-state index in [2.05, 4.69) is 29.2 Å². The standard InChI is InChI=1S/C18H20ClNO/c19-17-10-5-4-9-16(17)18(21)11-6-12-20(14-18)13-15-7-2-1-3-8-15/h1-5,7-10,21H,6,11-14H2. The molecule has 1 aliphatic heterocycles. The number of likely N-dealkylation sites (tertiary alicyclic amines) is 1. The van der Waals surface area contributed by atoms with Gasteiger partial charge in [0, 0.05) is 23.7 Å². The van der Waals surface area contributed by atoms with Gasteiger partial charge in [0.05, 0.1) is 0 Å². The van der Waals surface area contributed by atoms with Gasteiger partial charge in [0.2, 0.25) is 0 Å². The van der Waals surface area contributed by atoms with E-state index < -0.39 is 5.60 Å². The monoisotopic (exact) mass is 301 g/mol. The van der Waals surface area contributed by atoms with Crippen molar-refractivity contribution in [1.29, 1.82) is 0 Å². The molecule has 1 saturated heterocycles. The first-order valence-corrected chi connectivity index (χ1v) is 7.79. The Morgan fingerprint density at radius 3 is 2.52 bits per heavy atom. The predicted molar refractivity (Wildman–Crippen MR) is 86.3 cm³/mol. The molecule has 21 heavy (non-hydrogen) atoms. The number of rotatable bonds is 3. The molecule has 3 heteroatoms. The van der Waals surface area contributed by atoms with Gasteiger partial charge >= 0.3 is 0 Å². The van der Waals surface area contributed by atoms with Gasteiger partial charge in [-0.25, -0.2) is 0 Å². The van der Waals surface area contributed by atoms with Crippen molar-refractivity contribution in [2.45, 2.75) is 25.0 Å². The fourth-order valence-corrected chi connectivity index (χ4v) is 3.47. The van der Waals surface area contributed by atoms with Crippen LogP contribution < -0.4 is 0 Å². The maximum absolute atomic E-state index is 11.0. The molecule has 2 aromatic rings. The third-order valence-corrected chi connectivity index (χ3v) is 4.50. The molecule has 0 bridgehead atoms. The minimum absolute atomic E-state index is 0.631. The van der Waals surface area contributed by atoms with Crippen molar-refractivity contribution in [3.8, 4) is 0 Å². The van der Waals surface area contributed by atoms with E-state index >= 15 is 0 Å². The Bertz CT molecular complexity index is 601. The number of hydrogen-bond acceptors (Lipinski definition) is 2. The van der Waals surface area contributed by atoms with E-state index in [-0.39, 0.29) is 0 Å². The first-order chi connectivity index (χ1) is 10.2. The van der Waals surface area contributed by atoms with Gasteiger partial charge in [0.25, 0.3) is 0 Å². The van der Waals surface area contributed by atoms with Gasteiger partial charge < -0.3 is 5.11 Å². The lowest BCUT2D eigenvalue weighted by Crippen LogP contribution is -2.45. The highest BCUT2D eigenvalue weighted by molar-refractivity contribution is 6.31. The number of piperidine rings is 1. The molecule has 1 heterocycles. The number of aliphatic hydroxyl groups is 1.